The molecule has 1 aliphatic heterocycles. The zero-order valence-corrected chi connectivity index (χ0v) is 13.3. The van der Waals surface area contributed by atoms with Gasteiger partial charge in [-0.2, -0.15) is 0 Å². The third kappa shape index (κ3) is 4.74. The van der Waals surface area contributed by atoms with Gasteiger partial charge in [-0.1, -0.05) is 23.7 Å². The molecule has 1 atom stereocenters. The van der Waals surface area contributed by atoms with Gasteiger partial charge in [0.05, 0.1) is 6.26 Å². The van der Waals surface area contributed by atoms with Crippen LogP contribution in [0.15, 0.2) is 24.3 Å². The Kier molecular flexibility index (Phi) is 5.43. The van der Waals surface area contributed by atoms with Gasteiger partial charge in [-0.25, -0.2) is 12.7 Å². The molecule has 0 saturated carbocycles. The van der Waals surface area contributed by atoms with Gasteiger partial charge < -0.3 is 5.32 Å². The molecular formula is C14H21ClN2O2S. The number of sulfonamides is 1. The first kappa shape index (κ1) is 15.8. The summed E-state index contributed by atoms with van der Waals surface area (Å²) in [4.78, 5) is 0. The molecular weight excluding hydrogens is 296 g/mol. The zero-order valence-electron chi connectivity index (χ0n) is 11.7. The van der Waals surface area contributed by atoms with Crippen molar-refractivity contribution in [1.29, 1.82) is 0 Å². The molecule has 1 aromatic carbocycles. The number of nitrogens with one attached hydrogen (secondary N) is 1. The highest BCUT2D eigenvalue weighted by atomic mass is 35.5. The maximum absolute atomic E-state index is 11.6. The third-order valence-electron chi connectivity index (χ3n) is 3.63. The highest BCUT2D eigenvalue weighted by Crippen LogP contribution is 2.18. The zero-order chi connectivity index (χ0) is 14.6. The topological polar surface area (TPSA) is 49.4 Å². The summed E-state index contributed by atoms with van der Waals surface area (Å²) >= 11 is 5.84. The molecule has 1 aromatic rings. The van der Waals surface area contributed by atoms with Gasteiger partial charge in [0, 0.05) is 24.7 Å². The van der Waals surface area contributed by atoms with E-state index >= 15 is 0 Å². The average molecular weight is 317 g/mol. The summed E-state index contributed by atoms with van der Waals surface area (Å²) in [6.07, 6.45) is 3.32. The number of hydrogen-bond acceptors (Lipinski definition) is 3. The van der Waals surface area contributed by atoms with E-state index in [9.17, 15) is 8.42 Å². The second kappa shape index (κ2) is 6.89. The van der Waals surface area contributed by atoms with Gasteiger partial charge in [0.15, 0.2) is 0 Å². The average Bonchev–Trinajstić information content (AvgIpc) is 2.40. The Bertz CT molecular complexity index is 531. The summed E-state index contributed by atoms with van der Waals surface area (Å²) in [5.41, 5.74) is 1.19. The van der Waals surface area contributed by atoms with Crippen LogP contribution in [0.3, 0.4) is 0 Å². The molecule has 1 N–H and O–H groups in total. The van der Waals surface area contributed by atoms with Crippen molar-refractivity contribution in [2.75, 3.05) is 25.9 Å². The van der Waals surface area contributed by atoms with E-state index in [0.717, 1.165) is 31.0 Å². The van der Waals surface area contributed by atoms with E-state index in [1.165, 1.54) is 11.8 Å². The summed E-state index contributed by atoms with van der Waals surface area (Å²) in [5.74, 6) is 0.394. The predicted octanol–water partition coefficient (Wildman–Crippen LogP) is 2.10. The minimum absolute atomic E-state index is 0.394. The quantitative estimate of drug-likeness (QED) is 0.905. The van der Waals surface area contributed by atoms with E-state index in [1.54, 1.807) is 4.31 Å². The SMILES string of the molecule is CS(=O)(=O)N1CCCC(CNCc2ccc(Cl)cc2)C1. The number of rotatable bonds is 5. The highest BCUT2D eigenvalue weighted by molar-refractivity contribution is 7.88. The van der Waals surface area contributed by atoms with E-state index in [2.05, 4.69) is 5.32 Å². The first-order chi connectivity index (χ1) is 9.45. The van der Waals surface area contributed by atoms with Gasteiger partial charge in [0.1, 0.15) is 0 Å². The molecule has 112 valence electrons. The van der Waals surface area contributed by atoms with E-state index in [-0.39, 0.29) is 0 Å². The van der Waals surface area contributed by atoms with E-state index in [0.29, 0.717) is 19.0 Å². The molecule has 0 aromatic heterocycles. The van der Waals surface area contributed by atoms with Gasteiger partial charge in [-0.15, -0.1) is 0 Å². The lowest BCUT2D eigenvalue weighted by Gasteiger charge is -2.31. The van der Waals surface area contributed by atoms with Gasteiger partial charge in [0.25, 0.3) is 0 Å². The Morgan fingerprint density at radius 2 is 2.05 bits per heavy atom. The van der Waals surface area contributed by atoms with Crippen molar-refractivity contribution in [2.45, 2.75) is 19.4 Å². The summed E-state index contributed by atoms with van der Waals surface area (Å²) in [5, 5.41) is 4.14. The van der Waals surface area contributed by atoms with Crippen molar-refractivity contribution in [3.05, 3.63) is 34.9 Å². The summed E-state index contributed by atoms with van der Waals surface area (Å²) in [7, 11) is -3.05. The van der Waals surface area contributed by atoms with Gasteiger partial charge in [-0.3, -0.25) is 0 Å². The molecule has 0 spiro atoms. The molecule has 1 fully saturated rings. The fraction of sp³-hybridized carbons (Fsp3) is 0.571. The molecule has 0 aliphatic carbocycles. The van der Waals surface area contributed by atoms with Crippen LogP contribution in [-0.4, -0.2) is 38.6 Å². The number of piperidine rings is 1. The van der Waals surface area contributed by atoms with Gasteiger partial charge >= 0.3 is 0 Å². The van der Waals surface area contributed by atoms with Crippen LogP contribution in [0.5, 0.6) is 0 Å². The van der Waals surface area contributed by atoms with Crippen LogP contribution in [0.2, 0.25) is 5.02 Å². The Balaban J connectivity index is 1.78. The van der Waals surface area contributed by atoms with E-state index in [4.69, 9.17) is 11.6 Å². The van der Waals surface area contributed by atoms with E-state index < -0.39 is 10.0 Å². The fourth-order valence-corrected chi connectivity index (χ4v) is 3.59. The molecule has 1 aliphatic rings. The van der Waals surface area contributed by atoms with Gasteiger partial charge in [-0.05, 0) is 43.0 Å². The smallest absolute Gasteiger partial charge is 0.211 e. The van der Waals surface area contributed by atoms with Crippen LogP contribution >= 0.6 is 11.6 Å². The molecule has 0 amide bonds. The number of halogens is 1. The largest absolute Gasteiger partial charge is 0.312 e. The fourth-order valence-electron chi connectivity index (χ4n) is 2.52. The number of nitrogens with zero attached hydrogens (tertiary/aromatic N) is 1. The molecule has 20 heavy (non-hydrogen) atoms. The third-order valence-corrected chi connectivity index (χ3v) is 5.15. The Morgan fingerprint density at radius 1 is 1.35 bits per heavy atom. The van der Waals surface area contributed by atoms with Crippen molar-refractivity contribution in [2.24, 2.45) is 5.92 Å². The molecule has 0 bridgehead atoms. The first-order valence-electron chi connectivity index (χ1n) is 6.85. The Labute approximate surface area is 126 Å². The summed E-state index contributed by atoms with van der Waals surface area (Å²) in [6.45, 7) is 2.92. The monoisotopic (exact) mass is 316 g/mol. The van der Waals surface area contributed by atoms with Crippen molar-refractivity contribution in [3.8, 4) is 0 Å². The highest BCUT2D eigenvalue weighted by Gasteiger charge is 2.25. The van der Waals surface area contributed by atoms with Crippen LogP contribution in [0.4, 0.5) is 0 Å². The maximum atomic E-state index is 11.6. The summed E-state index contributed by atoms with van der Waals surface area (Å²) in [6, 6.07) is 7.76. The minimum atomic E-state index is -3.05. The van der Waals surface area contributed by atoms with Crippen molar-refractivity contribution < 1.29 is 8.42 Å². The molecule has 2 rings (SSSR count). The minimum Gasteiger partial charge on any atom is -0.312 e. The van der Waals surface area contributed by atoms with Crippen LogP contribution in [0, 0.1) is 5.92 Å². The van der Waals surface area contributed by atoms with Crippen molar-refractivity contribution in [1.82, 2.24) is 9.62 Å². The Morgan fingerprint density at radius 3 is 2.70 bits per heavy atom. The standard InChI is InChI=1S/C14H21ClN2O2S/c1-20(18,19)17-8-2-3-13(11-17)10-16-9-12-4-6-14(15)7-5-12/h4-7,13,16H,2-3,8-11H2,1H3. The molecule has 1 saturated heterocycles. The second-order valence-corrected chi connectivity index (χ2v) is 7.81. The van der Waals surface area contributed by atoms with Crippen LogP contribution < -0.4 is 5.32 Å². The maximum Gasteiger partial charge on any atom is 0.211 e. The normalized spacial score (nSPS) is 21.0. The van der Waals surface area contributed by atoms with Gasteiger partial charge in [0.2, 0.25) is 10.0 Å². The second-order valence-electron chi connectivity index (χ2n) is 5.39. The molecule has 6 heteroatoms. The molecule has 1 unspecified atom stereocenters. The lowest BCUT2D eigenvalue weighted by Crippen LogP contribution is -2.42. The summed E-state index contributed by atoms with van der Waals surface area (Å²) < 4.78 is 24.7. The van der Waals surface area contributed by atoms with E-state index in [1.807, 2.05) is 24.3 Å². The lowest BCUT2D eigenvalue weighted by molar-refractivity contribution is 0.261. The van der Waals surface area contributed by atoms with Crippen molar-refractivity contribution in [3.63, 3.8) is 0 Å². The van der Waals surface area contributed by atoms with Crippen molar-refractivity contribution >= 4 is 21.6 Å². The Hall–Kier alpha value is -0.620. The van der Waals surface area contributed by atoms with Crippen LogP contribution in [0.25, 0.3) is 0 Å². The number of benzene rings is 1. The first-order valence-corrected chi connectivity index (χ1v) is 9.08. The van der Waals surface area contributed by atoms with Crippen LogP contribution in [0.1, 0.15) is 18.4 Å². The molecule has 1 heterocycles. The molecule has 4 nitrogen and oxygen atoms in total. The molecule has 0 radical (unpaired) electrons. The predicted molar refractivity (Wildman–Crippen MR) is 82.3 cm³/mol. The van der Waals surface area contributed by atoms with Crippen LogP contribution in [-0.2, 0) is 16.6 Å². The number of hydrogen-bond donors (Lipinski definition) is 1. The lowest BCUT2D eigenvalue weighted by atomic mass is 9.99.